The maximum absolute atomic E-state index is 12.0. The minimum Gasteiger partial charge on any atom is -0.460 e. The highest BCUT2D eigenvalue weighted by atomic mass is 16.6. The van der Waals surface area contributed by atoms with E-state index in [2.05, 4.69) is 18.7 Å². The van der Waals surface area contributed by atoms with Crippen molar-refractivity contribution in [2.45, 2.75) is 65.2 Å². The summed E-state index contributed by atoms with van der Waals surface area (Å²) < 4.78 is 5.36. The molecule has 0 aromatic heterocycles. The molecule has 0 bridgehead atoms. The van der Waals surface area contributed by atoms with Crippen molar-refractivity contribution >= 4 is 5.97 Å². The molecular weight excluding hydrogens is 230 g/mol. The van der Waals surface area contributed by atoms with Gasteiger partial charge in [-0.05, 0) is 48.0 Å². The van der Waals surface area contributed by atoms with Gasteiger partial charge in [-0.3, -0.25) is 9.69 Å². The van der Waals surface area contributed by atoms with Gasteiger partial charge >= 0.3 is 5.97 Å². The minimum atomic E-state index is -0.952. The van der Waals surface area contributed by atoms with E-state index < -0.39 is 17.1 Å². The molecule has 4 heteroatoms. The standard InChI is InChI=1S/C14H27NO3/c1-10(2)15-8-7-14(17,9-15)11(3)12(16)18-13(4,5)6/h10-11,17H,7-9H2,1-6H3. The van der Waals surface area contributed by atoms with Crippen molar-refractivity contribution in [3.05, 3.63) is 0 Å². The average Bonchev–Trinajstić information content (AvgIpc) is 2.58. The van der Waals surface area contributed by atoms with Crippen LogP contribution in [0, 0.1) is 5.92 Å². The number of ether oxygens (including phenoxy) is 1. The topological polar surface area (TPSA) is 49.8 Å². The van der Waals surface area contributed by atoms with Gasteiger partial charge in [-0.15, -0.1) is 0 Å². The molecule has 1 N–H and O–H groups in total. The first-order chi connectivity index (χ1) is 8.05. The van der Waals surface area contributed by atoms with Crippen molar-refractivity contribution in [1.82, 2.24) is 4.90 Å². The summed E-state index contributed by atoms with van der Waals surface area (Å²) in [4.78, 5) is 14.2. The first-order valence-electron chi connectivity index (χ1n) is 6.74. The molecule has 106 valence electrons. The third kappa shape index (κ3) is 3.69. The van der Waals surface area contributed by atoms with Gasteiger partial charge in [0.05, 0.1) is 11.5 Å². The van der Waals surface area contributed by atoms with E-state index in [0.717, 1.165) is 6.54 Å². The predicted octanol–water partition coefficient (Wildman–Crippen LogP) is 1.81. The molecule has 1 rings (SSSR count). The van der Waals surface area contributed by atoms with Gasteiger partial charge < -0.3 is 9.84 Å². The van der Waals surface area contributed by atoms with Crippen LogP contribution in [-0.2, 0) is 9.53 Å². The number of carbonyl (C=O) groups excluding carboxylic acids is 1. The van der Waals surface area contributed by atoms with Gasteiger partial charge in [-0.25, -0.2) is 0 Å². The molecule has 2 unspecified atom stereocenters. The fourth-order valence-corrected chi connectivity index (χ4v) is 2.25. The molecule has 1 heterocycles. The highest BCUT2D eigenvalue weighted by molar-refractivity contribution is 5.74. The lowest BCUT2D eigenvalue weighted by Gasteiger charge is -2.31. The molecule has 1 aliphatic heterocycles. The molecule has 0 aromatic rings. The Labute approximate surface area is 110 Å². The van der Waals surface area contributed by atoms with E-state index in [1.807, 2.05) is 20.8 Å². The van der Waals surface area contributed by atoms with Crippen LogP contribution in [-0.4, -0.2) is 46.3 Å². The molecule has 0 radical (unpaired) electrons. The lowest BCUT2D eigenvalue weighted by molar-refractivity contribution is -0.168. The number of hydrogen-bond acceptors (Lipinski definition) is 4. The monoisotopic (exact) mass is 257 g/mol. The summed E-state index contributed by atoms with van der Waals surface area (Å²) >= 11 is 0. The Hall–Kier alpha value is -0.610. The lowest BCUT2D eigenvalue weighted by atomic mass is 9.88. The van der Waals surface area contributed by atoms with Crippen LogP contribution >= 0.6 is 0 Å². The number of rotatable bonds is 3. The molecule has 1 saturated heterocycles. The zero-order chi connectivity index (χ0) is 14.1. The van der Waals surface area contributed by atoms with Gasteiger partial charge in [0.15, 0.2) is 0 Å². The molecule has 1 aliphatic rings. The Morgan fingerprint density at radius 1 is 1.33 bits per heavy atom. The SMILES string of the molecule is CC(C)N1CCC(O)(C(C)C(=O)OC(C)(C)C)C1. The maximum atomic E-state index is 12.0. The van der Waals surface area contributed by atoms with Crippen LogP contribution in [0.2, 0.25) is 0 Å². The van der Waals surface area contributed by atoms with Crippen LogP contribution in [0.4, 0.5) is 0 Å². The van der Waals surface area contributed by atoms with Crippen molar-refractivity contribution in [1.29, 1.82) is 0 Å². The van der Waals surface area contributed by atoms with Crippen LogP contribution in [0.5, 0.6) is 0 Å². The molecule has 0 aliphatic carbocycles. The summed E-state index contributed by atoms with van der Waals surface area (Å²) in [5.41, 5.74) is -1.45. The summed E-state index contributed by atoms with van der Waals surface area (Å²) in [7, 11) is 0. The van der Waals surface area contributed by atoms with Crippen molar-refractivity contribution in [3.8, 4) is 0 Å². The highest BCUT2D eigenvalue weighted by Gasteiger charge is 2.45. The second kappa shape index (κ2) is 5.17. The van der Waals surface area contributed by atoms with E-state index in [1.54, 1.807) is 6.92 Å². The number of carbonyl (C=O) groups is 1. The number of aliphatic hydroxyl groups is 1. The fraction of sp³-hybridized carbons (Fsp3) is 0.929. The molecule has 0 spiro atoms. The number of nitrogens with zero attached hydrogens (tertiary/aromatic N) is 1. The lowest BCUT2D eigenvalue weighted by Crippen LogP contribution is -2.46. The summed E-state index contributed by atoms with van der Waals surface area (Å²) in [6.07, 6.45) is 0.631. The van der Waals surface area contributed by atoms with Crippen molar-refractivity contribution in [2.24, 2.45) is 5.92 Å². The van der Waals surface area contributed by atoms with Gasteiger partial charge in [-0.1, -0.05) is 0 Å². The first kappa shape index (κ1) is 15.4. The van der Waals surface area contributed by atoms with Gasteiger partial charge in [0.2, 0.25) is 0 Å². The zero-order valence-electron chi connectivity index (χ0n) is 12.5. The van der Waals surface area contributed by atoms with Crippen molar-refractivity contribution in [3.63, 3.8) is 0 Å². The largest absolute Gasteiger partial charge is 0.460 e. The third-order valence-corrected chi connectivity index (χ3v) is 3.61. The van der Waals surface area contributed by atoms with Crippen molar-refractivity contribution in [2.75, 3.05) is 13.1 Å². The van der Waals surface area contributed by atoms with Crippen LogP contribution in [0.15, 0.2) is 0 Å². The van der Waals surface area contributed by atoms with Crippen molar-refractivity contribution < 1.29 is 14.6 Å². The van der Waals surface area contributed by atoms with Crippen LogP contribution in [0.25, 0.3) is 0 Å². The van der Waals surface area contributed by atoms with Crippen LogP contribution in [0.3, 0.4) is 0 Å². The molecule has 1 fully saturated rings. The predicted molar refractivity (Wildman–Crippen MR) is 71.3 cm³/mol. The van der Waals surface area contributed by atoms with E-state index >= 15 is 0 Å². The number of hydrogen-bond donors (Lipinski definition) is 1. The third-order valence-electron chi connectivity index (χ3n) is 3.61. The minimum absolute atomic E-state index is 0.310. The van der Waals surface area contributed by atoms with Gasteiger partial charge in [0.25, 0.3) is 0 Å². The Bertz CT molecular complexity index is 309. The second-order valence-electron chi connectivity index (χ2n) is 6.67. The Morgan fingerprint density at radius 2 is 1.89 bits per heavy atom. The Balaban J connectivity index is 2.67. The number of likely N-dealkylation sites (tertiary alicyclic amines) is 1. The van der Waals surface area contributed by atoms with E-state index in [1.165, 1.54) is 0 Å². The molecule has 0 aromatic carbocycles. The highest BCUT2D eigenvalue weighted by Crippen LogP contribution is 2.31. The summed E-state index contributed by atoms with van der Waals surface area (Å²) in [5.74, 6) is -0.795. The maximum Gasteiger partial charge on any atom is 0.312 e. The van der Waals surface area contributed by atoms with E-state index in [9.17, 15) is 9.90 Å². The molecule has 4 nitrogen and oxygen atoms in total. The van der Waals surface area contributed by atoms with Gasteiger partial charge in [0.1, 0.15) is 5.60 Å². The first-order valence-corrected chi connectivity index (χ1v) is 6.74. The molecule has 2 atom stereocenters. The molecular formula is C14H27NO3. The summed E-state index contributed by atoms with van der Waals surface area (Å²) in [5, 5.41) is 10.6. The molecule has 0 saturated carbocycles. The summed E-state index contributed by atoms with van der Waals surface area (Å²) in [6.45, 7) is 12.9. The molecule has 18 heavy (non-hydrogen) atoms. The van der Waals surface area contributed by atoms with Crippen LogP contribution < -0.4 is 0 Å². The van der Waals surface area contributed by atoms with Crippen LogP contribution in [0.1, 0.15) is 48.0 Å². The van der Waals surface area contributed by atoms with E-state index in [0.29, 0.717) is 19.0 Å². The zero-order valence-corrected chi connectivity index (χ0v) is 12.5. The van der Waals surface area contributed by atoms with Gasteiger partial charge in [0, 0.05) is 19.1 Å². The summed E-state index contributed by atoms with van der Waals surface area (Å²) in [6, 6.07) is 0.393. The molecule has 0 amide bonds. The normalized spacial score (nSPS) is 27.6. The quantitative estimate of drug-likeness (QED) is 0.783. The Kier molecular flexibility index (Phi) is 4.44. The number of β-amino-alcohol motifs (C(OH)–C–C–N with tert-alkyl or cyclic N) is 1. The Morgan fingerprint density at radius 3 is 2.28 bits per heavy atom. The number of esters is 1. The smallest absolute Gasteiger partial charge is 0.312 e. The average molecular weight is 257 g/mol. The van der Waals surface area contributed by atoms with E-state index in [-0.39, 0.29) is 5.97 Å². The van der Waals surface area contributed by atoms with E-state index in [4.69, 9.17) is 4.74 Å². The fourth-order valence-electron chi connectivity index (χ4n) is 2.25. The second-order valence-corrected chi connectivity index (χ2v) is 6.67. The van der Waals surface area contributed by atoms with Gasteiger partial charge in [-0.2, -0.15) is 0 Å².